The Balaban J connectivity index is 0.000000342. The molecule has 0 aliphatic carbocycles. The molecule has 44 nitrogen and oxygen atoms in total. The van der Waals surface area contributed by atoms with E-state index in [9.17, 15) is 43.2 Å². The Labute approximate surface area is 678 Å². The predicted octanol–water partition coefficient (Wildman–Crippen LogP) is 4.23. The van der Waals surface area contributed by atoms with E-state index in [1.54, 1.807) is 6.92 Å². The van der Waals surface area contributed by atoms with Gasteiger partial charge in [0.25, 0.3) is 0 Å². The van der Waals surface area contributed by atoms with Crippen molar-refractivity contribution in [1.29, 1.82) is 0 Å². The monoisotopic (exact) mass is 1720 g/mol. The van der Waals surface area contributed by atoms with Gasteiger partial charge in [-0.3, -0.25) is 9.59 Å². The summed E-state index contributed by atoms with van der Waals surface area (Å²) in [5, 5.41) is 77.9. The summed E-state index contributed by atoms with van der Waals surface area (Å²) in [6.07, 6.45) is 8.95. The molecular weight excluding hydrogens is 1650 g/mol. The number of hydrogen-bond acceptors (Lipinski definition) is 36. The molecule has 2 saturated heterocycles. The summed E-state index contributed by atoms with van der Waals surface area (Å²) in [6, 6.07) is 0. The fourth-order valence-corrected chi connectivity index (χ4v) is 10.1. The van der Waals surface area contributed by atoms with Crippen LogP contribution in [-0.4, -0.2) is 328 Å². The van der Waals surface area contributed by atoms with Crippen LogP contribution in [0.4, 0.5) is 40.7 Å². The van der Waals surface area contributed by atoms with Gasteiger partial charge < -0.3 is 107 Å². The molecule has 0 bridgehead atoms. The van der Waals surface area contributed by atoms with Gasteiger partial charge in [0.15, 0.2) is 51.5 Å². The highest BCUT2D eigenvalue weighted by atomic mass is 35.5. The number of hydrogen-bond donors (Lipinski definition) is 14. The van der Waals surface area contributed by atoms with Gasteiger partial charge in [-0.15, -0.1) is 0 Å². The van der Waals surface area contributed by atoms with Crippen molar-refractivity contribution in [3.05, 3.63) is 119 Å². The summed E-state index contributed by atoms with van der Waals surface area (Å²) < 4.78 is 9.87. The number of amides is 1. The fraction of sp³-hybridized carbons (Fsp3) is 0.403. The smallest absolute Gasteiger partial charge is 0.356 e. The number of carboxylic acids is 7. The van der Waals surface area contributed by atoms with Crippen LogP contribution in [0.3, 0.4) is 0 Å². The maximum absolute atomic E-state index is 11.1. The maximum atomic E-state index is 11.1. The maximum Gasteiger partial charge on any atom is 0.356 e. The first kappa shape index (κ1) is 96.4. The summed E-state index contributed by atoms with van der Waals surface area (Å²) in [5.41, 5.74) is 3.72. The molecule has 0 aromatic carbocycles. The molecule has 7 aromatic rings. The lowest BCUT2D eigenvalue weighted by atomic mass is 10.3. The number of carbonyl (C=O) groups excluding carboxylic acids is 2. The molecule has 0 atom stereocenters. The number of morpholine rings is 1. The van der Waals surface area contributed by atoms with E-state index >= 15 is 0 Å². The second-order valence-electron chi connectivity index (χ2n) is 22.4. The van der Waals surface area contributed by atoms with Gasteiger partial charge in [0.2, 0.25) is 5.91 Å². The molecule has 2 aliphatic heterocycles. The number of aromatic nitrogens is 14. The summed E-state index contributed by atoms with van der Waals surface area (Å²) in [4.78, 5) is 160. The zero-order valence-electron chi connectivity index (χ0n) is 61.1. The summed E-state index contributed by atoms with van der Waals surface area (Å²) >= 11 is 40.9. The average molecular weight is 1720 g/mol. The molecule has 614 valence electrons. The molecule has 15 N–H and O–H groups in total. The molecule has 9 heterocycles. The number of carboxylic acid groups (broad SMARTS) is 7. The number of piperazine rings is 1. The zero-order valence-corrected chi connectivity index (χ0v) is 66.4. The Kier molecular flexibility index (Phi) is 43.5. The van der Waals surface area contributed by atoms with E-state index < -0.39 is 47.8 Å². The second kappa shape index (κ2) is 51.0. The van der Waals surface area contributed by atoms with Crippen LogP contribution in [0.2, 0.25) is 35.2 Å². The molecule has 0 saturated carbocycles. The van der Waals surface area contributed by atoms with Gasteiger partial charge in [0.05, 0.1) is 26.4 Å². The topological polar surface area (TPSA) is 609 Å². The first-order chi connectivity index (χ1) is 53.6. The van der Waals surface area contributed by atoms with Crippen LogP contribution in [0.15, 0.2) is 44.3 Å². The van der Waals surface area contributed by atoms with Gasteiger partial charge in [0.1, 0.15) is 115 Å². The van der Waals surface area contributed by atoms with Crippen molar-refractivity contribution in [1.82, 2.24) is 89.8 Å². The Bertz CT molecular complexity index is 4330. The minimum atomic E-state index is -1.27. The number of carbonyl (C=O) groups is 9. The number of anilines is 7. The third-order valence-electron chi connectivity index (χ3n) is 13.8. The second-order valence-corrected chi connectivity index (χ2v) is 25.0. The van der Waals surface area contributed by atoms with Crippen molar-refractivity contribution in [2.75, 3.05) is 190 Å². The first-order valence-corrected chi connectivity index (χ1v) is 35.2. The van der Waals surface area contributed by atoms with Crippen LogP contribution in [0, 0.1) is 0 Å². The van der Waals surface area contributed by atoms with E-state index in [0.717, 1.165) is 64.7 Å². The number of halogens is 7. The molecule has 51 heteroatoms. The minimum Gasteiger partial charge on any atom is -0.476 e. The summed E-state index contributed by atoms with van der Waals surface area (Å²) in [6.45, 7) is 11.5. The largest absolute Gasteiger partial charge is 0.476 e. The first-order valence-electron chi connectivity index (χ1n) is 32.6. The van der Waals surface area contributed by atoms with E-state index in [4.69, 9.17) is 127 Å². The van der Waals surface area contributed by atoms with E-state index in [0.29, 0.717) is 75.8 Å². The molecule has 7 aromatic heterocycles. The SMILES string of the molecule is CCOC(=O)CNc1ncnc(C(=O)O)c1Cl.CN(C)CCCNc1ncnc(C(=O)O)c1Cl.CN(C)CCNc1ncnc(C(=O)O)c1Cl.CN1CCN(c2ncnc(C(=O)O)c2Cl)CC1.CNC(=O)CNc1ncnc(C(=O)O)c1Cl.NCCNc1ncnc(C(=O)O)c1Cl.O=C(O)c1ncnc(N2CCOCC2)c1Cl. The van der Waals surface area contributed by atoms with Gasteiger partial charge in [0, 0.05) is 79.0 Å². The number of aromatic carboxylic acids is 7. The average Bonchev–Trinajstić information content (AvgIpc) is 0.760. The van der Waals surface area contributed by atoms with Crippen LogP contribution in [0.1, 0.15) is 86.8 Å². The Morgan fingerprint density at radius 2 is 0.726 bits per heavy atom. The van der Waals surface area contributed by atoms with Crippen molar-refractivity contribution < 1.29 is 88.4 Å². The lowest BCUT2D eigenvalue weighted by Crippen LogP contribution is -2.45. The third kappa shape index (κ3) is 33.2. The molecule has 113 heavy (non-hydrogen) atoms. The minimum absolute atomic E-state index is 0.00606. The number of nitrogens with one attached hydrogen (secondary N) is 6. The molecular formula is C62H79Cl7N26O18. The van der Waals surface area contributed by atoms with E-state index in [-0.39, 0.29) is 118 Å². The Morgan fingerprint density at radius 1 is 0.425 bits per heavy atom. The highest BCUT2D eigenvalue weighted by Gasteiger charge is 2.25. The lowest BCUT2D eigenvalue weighted by Gasteiger charge is -2.33. The van der Waals surface area contributed by atoms with Gasteiger partial charge in [-0.1, -0.05) is 81.2 Å². The molecule has 0 spiro atoms. The molecule has 9 rings (SSSR count). The van der Waals surface area contributed by atoms with Crippen LogP contribution in [-0.2, 0) is 19.1 Å². The standard InChI is InChI=1S/C10H13ClN4O2.C10H15ClN4O2.C9H13ClN4O2.C9H10ClN3O4.C9H10ClN3O3.C8H9ClN4O3.C7H9ClN4O2/c1-14-2-4-15(5-3-14)9-7(11)8(10(16)17)12-6-13-9;1-15(2)5-3-4-12-9-7(11)8(10(16)17)13-6-14-9;1-14(2)4-3-11-8-6(10)7(9(15)16)12-5-13-8;1-2-17-5(14)3-11-8-6(10)7(9(15)16)12-4-13-8;10-6-7(9(14)15)11-5-12-8(6)13-1-3-16-4-2-13;1-10-4(14)2-11-7-5(9)6(8(15)16)12-3-13-7;8-4-5(7(13)14)11-3-12-6(4)10-2-1-9/h6H,2-5H2,1H3,(H,16,17);6H,3-5H2,1-2H3,(H,16,17)(H,12,13,14);5H,3-4H2,1-2H3,(H,15,16)(H,11,12,13);4H,2-3H2,1H3,(H,15,16)(H,11,12,13);5H,1-4H2,(H,14,15);3H,2H2,1H3,(H,10,14)(H,15,16)(H,11,12,13);3H,1-2,9H2,(H,13,14)(H,10,11,12). The molecule has 1 amide bonds. The van der Waals surface area contributed by atoms with Crippen molar-refractivity contribution in [2.45, 2.75) is 13.3 Å². The van der Waals surface area contributed by atoms with E-state index in [1.165, 1.54) is 32.4 Å². The van der Waals surface area contributed by atoms with Gasteiger partial charge in [-0.2, -0.15) is 0 Å². The normalized spacial score (nSPS) is 12.0. The van der Waals surface area contributed by atoms with Crippen LogP contribution in [0.5, 0.6) is 0 Å². The third-order valence-corrected chi connectivity index (χ3v) is 16.3. The zero-order chi connectivity index (χ0) is 84.4. The van der Waals surface area contributed by atoms with Gasteiger partial charge in [-0.25, -0.2) is 103 Å². The molecule has 2 fully saturated rings. The number of nitrogens with two attached hydrogens (primary N) is 1. The number of esters is 1. The molecule has 0 radical (unpaired) electrons. The number of nitrogens with zero attached hydrogens (tertiary/aromatic N) is 19. The van der Waals surface area contributed by atoms with E-state index in [1.807, 2.05) is 49.9 Å². The fourth-order valence-electron chi connectivity index (χ4n) is 8.28. The highest BCUT2D eigenvalue weighted by molar-refractivity contribution is 6.38. The van der Waals surface area contributed by atoms with E-state index in [2.05, 4.69) is 116 Å². The Morgan fingerprint density at radius 3 is 1.04 bits per heavy atom. The number of ether oxygens (including phenoxy) is 2. The molecule has 0 unspecified atom stereocenters. The summed E-state index contributed by atoms with van der Waals surface area (Å²) in [7, 11) is 11.4. The quantitative estimate of drug-likeness (QED) is 0.0241. The lowest BCUT2D eigenvalue weighted by molar-refractivity contribution is -0.141. The summed E-state index contributed by atoms with van der Waals surface area (Å²) in [5.74, 6) is -6.94. The van der Waals surface area contributed by atoms with Crippen LogP contribution in [0.25, 0.3) is 0 Å². The highest BCUT2D eigenvalue weighted by Crippen LogP contribution is 2.29. The molecule has 2 aliphatic rings. The van der Waals surface area contributed by atoms with Crippen molar-refractivity contribution in [3.8, 4) is 0 Å². The predicted molar refractivity (Wildman–Crippen MR) is 415 cm³/mol. The number of likely N-dealkylation sites (N-methyl/N-ethyl adjacent to an activating group) is 3. The van der Waals surface area contributed by atoms with Crippen LogP contribution < -0.4 is 47.4 Å². The van der Waals surface area contributed by atoms with Gasteiger partial charge >= 0.3 is 47.8 Å². The van der Waals surface area contributed by atoms with Gasteiger partial charge in [-0.05, 0) is 55.1 Å². The number of rotatable bonds is 28. The van der Waals surface area contributed by atoms with Crippen molar-refractivity contribution in [2.24, 2.45) is 5.73 Å². The van der Waals surface area contributed by atoms with Crippen LogP contribution >= 0.6 is 81.2 Å². The van der Waals surface area contributed by atoms with Crippen molar-refractivity contribution in [3.63, 3.8) is 0 Å². The Hall–Kier alpha value is -10.8. The van der Waals surface area contributed by atoms with Crippen molar-refractivity contribution >= 4 is 176 Å².